The number of hydrogen-bond acceptors (Lipinski definition) is 4. The molecule has 7 nitrogen and oxygen atoms in total. The number of benzene rings is 1. The molecule has 0 bridgehead atoms. The van der Waals surface area contributed by atoms with Gasteiger partial charge >= 0.3 is 5.69 Å². The van der Waals surface area contributed by atoms with Crippen molar-refractivity contribution >= 4 is 22.8 Å². The molecule has 0 amide bonds. The highest BCUT2D eigenvalue weighted by Gasteiger charge is 2.27. The van der Waals surface area contributed by atoms with E-state index in [4.69, 9.17) is 16.6 Å². The van der Waals surface area contributed by atoms with Gasteiger partial charge in [-0.2, -0.15) is 0 Å². The number of fused-ring (bicyclic) bond motifs is 1. The Morgan fingerprint density at radius 3 is 2.53 bits per heavy atom. The Labute approximate surface area is 177 Å². The molecule has 152 valence electrons. The number of nitrogens with one attached hydrogen (secondary N) is 1. The molecule has 3 heterocycles. The molecule has 1 aliphatic carbocycles. The van der Waals surface area contributed by atoms with Crippen LogP contribution in [0, 0.1) is 6.92 Å². The van der Waals surface area contributed by atoms with E-state index in [9.17, 15) is 9.59 Å². The van der Waals surface area contributed by atoms with Crippen LogP contribution >= 0.6 is 11.6 Å². The van der Waals surface area contributed by atoms with E-state index in [0.29, 0.717) is 34.4 Å². The summed E-state index contributed by atoms with van der Waals surface area (Å²) in [6, 6.07) is 13.5. The molecule has 0 unspecified atom stereocenters. The van der Waals surface area contributed by atoms with Gasteiger partial charge in [0.25, 0.3) is 5.56 Å². The molecule has 0 aliphatic heterocycles. The van der Waals surface area contributed by atoms with Crippen LogP contribution in [0.1, 0.15) is 36.6 Å². The zero-order chi connectivity index (χ0) is 20.8. The van der Waals surface area contributed by atoms with Crippen molar-refractivity contribution in [1.29, 1.82) is 0 Å². The second kappa shape index (κ2) is 7.25. The van der Waals surface area contributed by atoms with E-state index < -0.39 is 11.2 Å². The average Bonchev–Trinajstić information content (AvgIpc) is 3.03. The number of rotatable bonds is 4. The van der Waals surface area contributed by atoms with E-state index in [1.807, 2.05) is 47.9 Å². The zero-order valence-corrected chi connectivity index (χ0v) is 17.2. The van der Waals surface area contributed by atoms with Crippen molar-refractivity contribution in [2.75, 3.05) is 0 Å². The van der Waals surface area contributed by atoms with Gasteiger partial charge in [0.15, 0.2) is 11.2 Å². The van der Waals surface area contributed by atoms with Gasteiger partial charge in [0.05, 0.1) is 0 Å². The van der Waals surface area contributed by atoms with Gasteiger partial charge in [0, 0.05) is 23.8 Å². The third-order valence-electron chi connectivity index (χ3n) is 5.75. The minimum atomic E-state index is -0.431. The smallest absolute Gasteiger partial charge is 0.314 e. The molecule has 1 N–H and O–H groups in total. The molecule has 1 saturated carbocycles. The maximum absolute atomic E-state index is 12.9. The maximum atomic E-state index is 12.9. The summed E-state index contributed by atoms with van der Waals surface area (Å²) in [6.07, 6.45) is 2.88. The summed E-state index contributed by atoms with van der Waals surface area (Å²) in [6.45, 7) is 2.30. The van der Waals surface area contributed by atoms with Crippen LogP contribution in [0.25, 0.3) is 22.6 Å². The van der Waals surface area contributed by atoms with E-state index in [1.54, 1.807) is 10.6 Å². The molecule has 0 atom stereocenters. The number of aromatic amines is 1. The Hall–Kier alpha value is -3.19. The van der Waals surface area contributed by atoms with Crippen molar-refractivity contribution in [3.8, 4) is 11.4 Å². The number of hydrogen-bond donors (Lipinski definition) is 1. The van der Waals surface area contributed by atoms with E-state index in [1.165, 1.54) is 0 Å². The lowest BCUT2D eigenvalue weighted by atomic mass is 9.93. The van der Waals surface area contributed by atoms with Crippen molar-refractivity contribution in [2.24, 2.45) is 0 Å². The summed E-state index contributed by atoms with van der Waals surface area (Å²) >= 11 is 6.05. The van der Waals surface area contributed by atoms with Crippen LogP contribution in [0.4, 0.5) is 0 Å². The minimum absolute atomic E-state index is 0.0641. The average molecular weight is 422 g/mol. The molecular weight excluding hydrogens is 402 g/mol. The fourth-order valence-electron chi connectivity index (χ4n) is 4.02. The molecule has 0 spiro atoms. The van der Waals surface area contributed by atoms with Crippen LogP contribution in [-0.2, 0) is 6.54 Å². The molecular formula is C22H20ClN5O2. The monoisotopic (exact) mass is 421 g/mol. The van der Waals surface area contributed by atoms with Gasteiger partial charge in [-0.05, 0) is 43.9 Å². The molecule has 3 aromatic heterocycles. The Morgan fingerprint density at radius 1 is 1.10 bits per heavy atom. The highest BCUT2D eigenvalue weighted by molar-refractivity contribution is 6.29. The molecule has 1 aliphatic rings. The van der Waals surface area contributed by atoms with Crippen LogP contribution in [0.2, 0.25) is 5.15 Å². The Kier molecular flexibility index (Phi) is 4.55. The number of aryl methyl sites for hydroxylation is 1. The van der Waals surface area contributed by atoms with E-state index in [-0.39, 0.29) is 6.04 Å². The molecule has 5 rings (SSSR count). The Morgan fingerprint density at radius 2 is 1.87 bits per heavy atom. The first-order chi connectivity index (χ1) is 14.5. The molecule has 30 heavy (non-hydrogen) atoms. The quantitative estimate of drug-likeness (QED) is 0.509. The van der Waals surface area contributed by atoms with Crippen LogP contribution in [0.15, 0.2) is 52.1 Å². The van der Waals surface area contributed by atoms with Gasteiger partial charge in [0.2, 0.25) is 0 Å². The summed E-state index contributed by atoms with van der Waals surface area (Å²) in [7, 11) is 0. The van der Waals surface area contributed by atoms with Gasteiger partial charge < -0.3 is 4.57 Å². The van der Waals surface area contributed by atoms with Gasteiger partial charge in [-0.1, -0.05) is 41.9 Å². The zero-order valence-electron chi connectivity index (χ0n) is 16.4. The minimum Gasteiger partial charge on any atom is -0.314 e. The van der Waals surface area contributed by atoms with Crippen LogP contribution < -0.4 is 11.2 Å². The normalized spacial score (nSPS) is 14.2. The van der Waals surface area contributed by atoms with E-state index in [0.717, 1.165) is 30.4 Å². The summed E-state index contributed by atoms with van der Waals surface area (Å²) in [5, 5.41) is 0.395. The highest BCUT2D eigenvalue weighted by Crippen LogP contribution is 2.33. The lowest BCUT2D eigenvalue weighted by molar-refractivity contribution is 0.310. The number of nitrogens with zero attached hydrogens (tertiary/aromatic N) is 4. The van der Waals surface area contributed by atoms with Crippen molar-refractivity contribution < 1.29 is 0 Å². The van der Waals surface area contributed by atoms with Crippen molar-refractivity contribution in [1.82, 2.24) is 24.1 Å². The fourth-order valence-corrected chi connectivity index (χ4v) is 4.21. The number of imidazole rings is 1. The van der Waals surface area contributed by atoms with Crippen molar-refractivity contribution in [3.05, 3.63) is 79.7 Å². The van der Waals surface area contributed by atoms with Gasteiger partial charge in [-0.15, -0.1) is 0 Å². The molecule has 8 heteroatoms. The van der Waals surface area contributed by atoms with Gasteiger partial charge in [-0.25, -0.2) is 14.8 Å². The topological polar surface area (TPSA) is 85.6 Å². The Balaban J connectivity index is 1.83. The molecule has 1 fully saturated rings. The molecule has 0 saturated heterocycles. The number of aromatic nitrogens is 5. The first-order valence-corrected chi connectivity index (χ1v) is 10.3. The summed E-state index contributed by atoms with van der Waals surface area (Å²) in [5.74, 6) is 0.597. The molecule has 4 aromatic rings. The first-order valence-electron chi connectivity index (χ1n) is 9.95. The van der Waals surface area contributed by atoms with E-state index >= 15 is 0 Å². The Bertz CT molecular complexity index is 1370. The van der Waals surface area contributed by atoms with Crippen LogP contribution in [0.3, 0.4) is 0 Å². The third-order valence-corrected chi connectivity index (χ3v) is 5.96. The summed E-state index contributed by atoms with van der Waals surface area (Å²) in [4.78, 5) is 37.2. The largest absolute Gasteiger partial charge is 0.330 e. The summed E-state index contributed by atoms with van der Waals surface area (Å²) in [5.41, 5.74) is 2.50. The maximum Gasteiger partial charge on any atom is 0.330 e. The fraction of sp³-hybridized carbons (Fsp3) is 0.273. The highest BCUT2D eigenvalue weighted by atomic mass is 35.5. The van der Waals surface area contributed by atoms with Crippen molar-refractivity contribution in [3.63, 3.8) is 0 Å². The lowest BCUT2D eigenvalue weighted by Crippen LogP contribution is -2.35. The number of H-pyrrole nitrogens is 1. The third kappa shape index (κ3) is 3.06. The predicted molar refractivity (Wildman–Crippen MR) is 116 cm³/mol. The van der Waals surface area contributed by atoms with Gasteiger partial charge in [-0.3, -0.25) is 14.3 Å². The van der Waals surface area contributed by atoms with Crippen LogP contribution in [0.5, 0.6) is 0 Å². The van der Waals surface area contributed by atoms with Gasteiger partial charge in [0.1, 0.15) is 11.0 Å². The molecule has 1 aromatic carbocycles. The van der Waals surface area contributed by atoms with Crippen LogP contribution in [-0.4, -0.2) is 24.1 Å². The van der Waals surface area contributed by atoms with Crippen molar-refractivity contribution in [2.45, 2.75) is 38.8 Å². The van der Waals surface area contributed by atoms with E-state index in [2.05, 4.69) is 9.97 Å². The second-order valence-electron chi connectivity index (χ2n) is 7.66. The summed E-state index contributed by atoms with van der Waals surface area (Å²) < 4.78 is 3.51. The number of pyridine rings is 1. The predicted octanol–water partition coefficient (Wildman–Crippen LogP) is 3.68. The molecule has 0 radical (unpaired) electrons. The number of halogens is 1. The standard InChI is InChI=1S/C22H20ClN5O2/c1-13-16(10-11-17(23)24-13)19-25-20-18(27(19)12-14-6-3-2-4-7-14)21(29)26-22(30)28(20)15-8-5-9-15/h2-4,6-7,10-11,15H,5,8-9,12H2,1H3,(H,26,29,30). The first kappa shape index (κ1) is 18.8. The SMILES string of the molecule is Cc1nc(Cl)ccc1-c1nc2c(c(=O)[nH]c(=O)n2C2CCC2)n1Cc1ccccc1. The lowest BCUT2D eigenvalue weighted by Gasteiger charge is -2.27. The second-order valence-corrected chi connectivity index (χ2v) is 8.05.